The molecule has 3 aromatic rings. The first-order chi connectivity index (χ1) is 32.2. The van der Waals surface area contributed by atoms with Gasteiger partial charge in [0.15, 0.2) is 11.8 Å². The van der Waals surface area contributed by atoms with Gasteiger partial charge < -0.3 is 58.6 Å². The maximum atomic E-state index is 14.8. The zero-order valence-corrected chi connectivity index (χ0v) is 39.6. The van der Waals surface area contributed by atoms with Crippen LogP contribution in [-0.4, -0.2) is 115 Å². The highest BCUT2D eigenvalue weighted by Crippen LogP contribution is 2.40. The van der Waals surface area contributed by atoms with E-state index in [1.807, 2.05) is 25.1 Å². The Morgan fingerprint density at radius 2 is 1.68 bits per heavy atom. The van der Waals surface area contributed by atoms with Gasteiger partial charge in [0.2, 0.25) is 23.6 Å². The smallest absolute Gasteiger partial charge is 0.255 e. The highest BCUT2D eigenvalue weighted by Gasteiger charge is 2.36. The average Bonchev–Trinajstić information content (AvgIpc) is 3.29. The second-order valence-electron chi connectivity index (χ2n) is 17.0. The Hall–Kier alpha value is -7.63. The monoisotopic (exact) mass is 933 g/mol. The van der Waals surface area contributed by atoms with Gasteiger partial charge >= 0.3 is 0 Å². The van der Waals surface area contributed by atoms with E-state index in [9.17, 15) is 29.2 Å². The predicted molar refractivity (Wildman–Crippen MR) is 258 cm³/mol. The summed E-state index contributed by atoms with van der Waals surface area (Å²) in [6.45, 7) is 14.8. The number of nitrogens with two attached hydrogens (primary N) is 4. The van der Waals surface area contributed by atoms with Crippen molar-refractivity contribution in [2.24, 2.45) is 33.3 Å². The molecule has 1 aromatic heterocycles. The summed E-state index contributed by atoms with van der Waals surface area (Å²) in [4.78, 5) is 84.7. The number of nitrogens with one attached hydrogen (secondary N) is 4. The third-order valence-electron chi connectivity index (χ3n) is 10.8. The summed E-state index contributed by atoms with van der Waals surface area (Å²) in [6.07, 6.45) is 6.92. The van der Waals surface area contributed by atoms with Gasteiger partial charge in [0, 0.05) is 43.9 Å². The van der Waals surface area contributed by atoms with E-state index in [1.165, 1.54) is 20.2 Å². The number of nitriles is 1. The van der Waals surface area contributed by atoms with Crippen LogP contribution in [0.1, 0.15) is 73.7 Å². The number of likely N-dealkylation sites (N-methyl/N-ethyl adjacent to an activating group) is 1. The molecule has 1 aliphatic rings. The number of amides is 5. The van der Waals surface area contributed by atoms with Crippen LogP contribution in [0.2, 0.25) is 0 Å². The van der Waals surface area contributed by atoms with E-state index in [0.29, 0.717) is 39.7 Å². The molecule has 0 aliphatic carbocycles. The number of guanidine groups is 1. The molecule has 1 aliphatic heterocycles. The minimum absolute atomic E-state index is 0.0199. The third kappa shape index (κ3) is 13.9. The Labute approximate surface area is 396 Å². The summed E-state index contributed by atoms with van der Waals surface area (Å²) in [5, 5.41) is 19.7. The fourth-order valence-corrected chi connectivity index (χ4v) is 7.12. The third-order valence-corrected chi connectivity index (χ3v) is 10.8. The van der Waals surface area contributed by atoms with E-state index in [0.717, 1.165) is 16.0 Å². The number of ether oxygens (including phenoxy) is 2. The number of carbonyl (C=O) groups excluding carboxylic acids is 5. The summed E-state index contributed by atoms with van der Waals surface area (Å²) in [7, 11) is 1.35. The lowest BCUT2D eigenvalue weighted by molar-refractivity contribution is -0.141. The van der Waals surface area contributed by atoms with Gasteiger partial charge in [0.05, 0.1) is 23.9 Å². The molecule has 68 heavy (non-hydrogen) atoms. The number of fused-ring (bicyclic) bond motifs is 5. The first-order valence-electron chi connectivity index (χ1n) is 21.9. The average molecular weight is 934 g/mol. The molecule has 4 bridgehead atoms. The van der Waals surface area contributed by atoms with E-state index < -0.39 is 60.2 Å². The highest BCUT2D eigenvalue weighted by molar-refractivity contribution is 6.00. The van der Waals surface area contributed by atoms with Gasteiger partial charge in [-0.25, -0.2) is 9.97 Å². The molecule has 0 unspecified atom stereocenters. The number of nitrogens with zero attached hydrogens (tertiary/aromatic N) is 5. The van der Waals surface area contributed by atoms with Gasteiger partial charge in [-0.1, -0.05) is 57.7 Å². The predicted octanol–water partition coefficient (Wildman–Crippen LogP) is 1.45. The van der Waals surface area contributed by atoms with Crippen molar-refractivity contribution in [3.8, 4) is 28.7 Å². The van der Waals surface area contributed by atoms with E-state index >= 15 is 0 Å². The zero-order valence-electron chi connectivity index (χ0n) is 39.6. The second-order valence-corrected chi connectivity index (χ2v) is 17.0. The van der Waals surface area contributed by atoms with Gasteiger partial charge in [-0.05, 0) is 72.7 Å². The van der Waals surface area contributed by atoms with Crippen molar-refractivity contribution in [2.45, 2.75) is 72.1 Å². The summed E-state index contributed by atoms with van der Waals surface area (Å²) in [5.41, 5.74) is 26.8. The summed E-state index contributed by atoms with van der Waals surface area (Å²) in [6, 6.07) is 6.45. The van der Waals surface area contributed by atoms with Crippen LogP contribution in [0.5, 0.6) is 11.5 Å². The lowest BCUT2D eigenvalue weighted by Crippen LogP contribution is -2.56. The topological polar surface area (TPSA) is 321 Å². The Bertz CT molecular complexity index is 2500. The first-order valence-corrected chi connectivity index (χ1v) is 21.9. The molecule has 4 rings (SSSR count). The number of hydrogen-bond donors (Lipinski definition) is 8. The second kappa shape index (κ2) is 24.2. The molecular formula is C48H63N13O7. The van der Waals surface area contributed by atoms with Crippen LogP contribution in [0.25, 0.3) is 16.7 Å². The van der Waals surface area contributed by atoms with Gasteiger partial charge in [-0.15, -0.1) is 0 Å². The van der Waals surface area contributed by atoms with Crippen molar-refractivity contribution in [1.29, 1.82) is 5.26 Å². The fourth-order valence-electron chi connectivity index (χ4n) is 7.12. The molecule has 20 nitrogen and oxygen atoms in total. The summed E-state index contributed by atoms with van der Waals surface area (Å²) < 4.78 is 12.2. The number of rotatable bonds is 17. The quantitative estimate of drug-likeness (QED) is 0.0411. The molecule has 2 heterocycles. The van der Waals surface area contributed by atoms with E-state index in [1.54, 1.807) is 49.4 Å². The summed E-state index contributed by atoms with van der Waals surface area (Å²) in [5.74, 6) is -2.99. The normalized spacial score (nSPS) is 16.9. The van der Waals surface area contributed by atoms with Gasteiger partial charge in [0.1, 0.15) is 55.4 Å². The Morgan fingerprint density at radius 3 is 2.26 bits per heavy atom. The van der Waals surface area contributed by atoms with Crippen molar-refractivity contribution in [1.82, 2.24) is 36.1 Å². The van der Waals surface area contributed by atoms with E-state index in [4.69, 9.17) is 32.4 Å². The number of benzene rings is 2. The van der Waals surface area contributed by atoms with Crippen molar-refractivity contribution in [3.63, 3.8) is 0 Å². The van der Waals surface area contributed by atoms with Crippen molar-refractivity contribution in [2.75, 3.05) is 46.4 Å². The molecule has 5 amide bonds. The Balaban J connectivity index is 1.85. The number of hydrogen-bond acceptors (Lipinski definition) is 13. The molecule has 12 N–H and O–H groups in total. The van der Waals surface area contributed by atoms with E-state index in [2.05, 4.69) is 63.6 Å². The van der Waals surface area contributed by atoms with Crippen LogP contribution in [0.15, 0.2) is 78.0 Å². The summed E-state index contributed by atoms with van der Waals surface area (Å²) >= 11 is 0. The number of carbonyl (C=O) groups is 5. The lowest BCUT2D eigenvalue weighted by Gasteiger charge is -2.32. The molecule has 4 atom stereocenters. The molecule has 0 saturated heterocycles. The van der Waals surface area contributed by atoms with Gasteiger partial charge in [0.25, 0.3) is 5.91 Å². The number of allylic oxidation sites excluding steroid dienone is 5. The standard InChI is InChI=1S/C48H63N13O7/c1-9-32(48(5,6)7)13-10-27(2)41-55-25-35(28(3)57-41)43(63)60-37(26-56-47(52)53)46(66)61(8)40-31-12-15-39(68-21-18-51)34(24-31)33-22-30(11-14-38(33)67-20-17-50)23-36(44(64)54-19-16-49)59-42(62)29(4)58-45(40)65/h9-15,22,24-25,29,36-37,40H,1,17-21,23,26,50-51H2,2-8H3,(H,54,64)(H,58,65)(H,59,62)(H,60,63)(H4,52,53,56)/b27-10+,32-13+/t29-,36-,37-,40-/m0/s1. The number of aliphatic imine (C=N–C) groups is 1. The van der Waals surface area contributed by atoms with Crippen LogP contribution in [-0.2, 0) is 25.6 Å². The molecule has 0 saturated carbocycles. The van der Waals surface area contributed by atoms with Crippen molar-refractivity contribution in [3.05, 3.63) is 101 Å². The van der Waals surface area contributed by atoms with Crippen LogP contribution in [0.3, 0.4) is 0 Å². The SMILES string of the molecule is C=C/C(=C\C=C(/C)c1ncc(C(=O)N[C@@H](CN=C(N)N)C(=O)N(C)[C@@H]2C(=O)N[C@@H](C)C(=O)N[C@H](C(=O)NCC#N)Cc3ccc(OCCN)c(c3)-c3cc2ccc3OCCN)c(C)n1)C(C)(C)C. The van der Waals surface area contributed by atoms with Crippen LogP contribution >= 0.6 is 0 Å². The van der Waals surface area contributed by atoms with Crippen molar-refractivity contribution < 1.29 is 33.4 Å². The molecular weight excluding hydrogens is 871 g/mol. The Morgan fingerprint density at radius 1 is 1.03 bits per heavy atom. The number of aromatic nitrogens is 2. The van der Waals surface area contributed by atoms with Crippen LogP contribution in [0.4, 0.5) is 0 Å². The minimum Gasteiger partial charge on any atom is -0.492 e. The molecule has 2 aromatic carbocycles. The first kappa shape index (κ1) is 53.0. The number of aryl methyl sites for hydroxylation is 1. The molecule has 0 radical (unpaired) electrons. The van der Waals surface area contributed by atoms with E-state index in [-0.39, 0.29) is 61.8 Å². The van der Waals surface area contributed by atoms with Crippen LogP contribution < -0.4 is 53.7 Å². The van der Waals surface area contributed by atoms with Gasteiger partial charge in [-0.2, -0.15) is 5.26 Å². The molecule has 0 spiro atoms. The highest BCUT2D eigenvalue weighted by atomic mass is 16.5. The van der Waals surface area contributed by atoms with Crippen molar-refractivity contribution >= 4 is 41.1 Å². The maximum absolute atomic E-state index is 14.8. The zero-order chi connectivity index (χ0) is 50.3. The fraction of sp³-hybridized carbons (Fsp3) is 0.396. The largest absolute Gasteiger partial charge is 0.492 e. The van der Waals surface area contributed by atoms with Gasteiger partial charge in [-0.3, -0.25) is 29.0 Å². The lowest BCUT2D eigenvalue weighted by atomic mass is 9.86. The molecule has 20 heteroatoms. The molecule has 362 valence electrons. The Kier molecular flexibility index (Phi) is 18.9. The maximum Gasteiger partial charge on any atom is 0.255 e. The molecule has 0 fully saturated rings. The van der Waals surface area contributed by atoms with Crippen LogP contribution in [0, 0.1) is 23.7 Å². The minimum atomic E-state index is -1.49.